The summed E-state index contributed by atoms with van der Waals surface area (Å²) < 4.78 is 5.20. The molecule has 2 N–H and O–H groups in total. The van der Waals surface area contributed by atoms with Gasteiger partial charge in [-0.05, 0) is 24.9 Å². The molecule has 4 heteroatoms. The number of hydrogen-bond donors (Lipinski definition) is 2. The molecule has 98 valence electrons. The number of carbonyl (C=O) groups is 1. The Bertz CT molecular complexity index is 361. The highest BCUT2D eigenvalue weighted by Crippen LogP contribution is 2.02. The molecule has 0 saturated carbocycles. The molecule has 1 atom stereocenters. The Morgan fingerprint density at radius 3 is 2.94 bits per heavy atom. The minimum absolute atomic E-state index is 0.190. The smallest absolute Gasteiger partial charge is 0.320 e. The first-order valence-electron chi connectivity index (χ1n) is 6.48. The molecule has 4 nitrogen and oxygen atoms in total. The largest absolute Gasteiger partial charge is 0.460 e. The summed E-state index contributed by atoms with van der Waals surface area (Å²) in [5, 5.41) is 6.52. The van der Waals surface area contributed by atoms with E-state index in [1.165, 1.54) is 0 Å². The molecule has 1 unspecified atom stereocenters. The monoisotopic (exact) mass is 248 g/mol. The van der Waals surface area contributed by atoms with Crippen LogP contribution < -0.4 is 10.6 Å². The molecule has 1 saturated heterocycles. The highest BCUT2D eigenvalue weighted by atomic mass is 16.5. The lowest BCUT2D eigenvalue weighted by Crippen LogP contribution is -2.45. The zero-order valence-electron chi connectivity index (χ0n) is 10.5. The van der Waals surface area contributed by atoms with Crippen molar-refractivity contribution in [3.05, 3.63) is 35.9 Å². The van der Waals surface area contributed by atoms with Gasteiger partial charge in [-0.1, -0.05) is 30.3 Å². The van der Waals surface area contributed by atoms with E-state index in [0.29, 0.717) is 19.2 Å². The molecule has 1 aliphatic rings. The number of hydrogen-bond acceptors (Lipinski definition) is 4. The normalized spacial score (nSPS) is 19.4. The summed E-state index contributed by atoms with van der Waals surface area (Å²) in [5.74, 6) is -0.190. The maximum absolute atomic E-state index is 11.6. The molecular weight excluding hydrogens is 228 g/mol. The predicted molar refractivity (Wildman–Crippen MR) is 70.1 cm³/mol. The molecule has 0 aromatic heterocycles. The molecule has 1 heterocycles. The van der Waals surface area contributed by atoms with Gasteiger partial charge >= 0.3 is 5.97 Å². The van der Waals surface area contributed by atoms with Gasteiger partial charge in [0, 0.05) is 12.6 Å². The van der Waals surface area contributed by atoms with Gasteiger partial charge in [0.25, 0.3) is 0 Å². The molecule has 0 aliphatic carbocycles. The molecule has 0 spiro atoms. The number of carbonyl (C=O) groups excluding carboxylic acids is 1. The number of esters is 1. The van der Waals surface area contributed by atoms with E-state index in [-0.39, 0.29) is 5.97 Å². The van der Waals surface area contributed by atoms with Gasteiger partial charge in [0.1, 0.15) is 6.61 Å². The van der Waals surface area contributed by atoms with E-state index in [0.717, 1.165) is 31.5 Å². The van der Waals surface area contributed by atoms with Crippen molar-refractivity contribution in [3.63, 3.8) is 0 Å². The summed E-state index contributed by atoms with van der Waals surface area (Å²) in [5.41, 5.74) is 1.02. The third-order valence-corrected chi connectivity index (χ3v) is 3.07. The van der Waals surface area contributed by atoms with E-state index >= 15 is 0 Å². The Kier molecular flexibility index (Phi) is 5.17. The lowest BCUT2D eigenvalue weighted by molar-refractivity contribution is -0.144. The molecule has 1 aromatic carbocycles. The van der Waals surface area contributed by atoms with Crippen LogP contribution in [0.1, 0.15) is 18.4 Å². The van der Waals surface area contributed by atoms with Crippen molar-refractivity contribution < 1.29 is 9.53 Å². The Morgan fingerprint density at radius 1 is 1.39 bits per heavy atom. The van der Waals surface area contributed by atoms with Crippen molar-refractivity contribution >= 4 is 5.97 Å². The Labute approximate surface area is 108 Å². The highest BCUT2D eigenvalue weighted by Gasteiger charge is 2.13. The predicted octanol–water partition coefficient (Wildman–Crippen LogP) is 1.07. The topological polar surface area (TPSA) is 50.4 Å². The van der Waals surface area contributed by atoms with Crippen LogP contribution in [0.4, 0.5) is 0 Å². The zero-order valence-corrected chi connectivity index (χ0v) is 10.5. The second-order valence-electron chi connectivity index (χ2n) is 4.57. The molecule has 18 heavy (non-hydrogen) atoms. The second-order valence-corrected chi connectivity index (χ2v) is 4.57. The lowest BCUT2D eigenvalue weighted by Gasteiger charge is -2.23. The van der Waals surface area contributed by atoms with Crippen LogP contribution in [0.15, 0.2) is 30.3 Å². The zero-order chi connectivity index (χ0) is 12.6. The summed E-state index contributed by atoms with van der Waals surface area (Å²) >= 11 is 0. The van der Waals surface area contributed by atoms with Crippen LogP contribution in [0.2, 0.25) is 0 Å². The van der Waals surface area contributed by atoms with Gasteiger partial charge in [-0.15, -0.1) is 0 Å². The third kappa shape index (κ3) is 4.47. The highest BCUT2D eigenvalue weighted by molar-refractivity contribution is 5.71. The molecule has 1 aromatic rings. The molecule has 2 rings (SSSR count). The summed E-state index contributed by atoms with van der Waals surface area (Å²) in [6.07, 6.45) is 2.29. The quantitative estimate of drug-likeness (QED) is 0.765. The SMILES string of the molecule is O=C(CNC1CCCNC1)OCc1ccccc1. The van der Waals surface area contributed by atoms with Gasteiger partial charge < -0.3 is 15.4 Å². The minimum Gasteiger partial charge on any atom is -0.460 e. The van der Waals surface area contributed by atoms with Crippen LogP contribution in [-0.4, -0.2) is 31.6 Å². The van der Waals surface area contributed by atoms with Crippen molar-refractivity contribution in [2.24, 2.45) is 0 Å². The van der Waals surface area contributed by atoms with Crippen LogP contribution in [0.5, 0.6) is 0 Å². The van der Waals surface area contributed by atoms with Crippen molar-refractivity contribution in [1.29, 1.82) is 0 Å². The van der Waals surface area contributed by atoms with Crippen molar-refractivity contribution in [1.82, 2.24) is 10.6 Å². The first kappa shape index (κ1) is 13.1. The summed E-state index contributed by atoms with van der Waals surface area (Å²) in [6, 6.07) is 10.1. The fourth-order valence-corrected chi connectivity index (χ4v) is 2.04. The fourth-order valence-electron chi connectivity index (χ4n) is 2.04. The first-order valence-corrected chi connectivity index (χ1v) is 6.48. The lowest BCUT2D eigenvalue weighted by atomic mass is 10.1. The van der Waals surface area contributed by atoms with Gasteiger partial charge in [0.15, 0.2) is 0 Å². The molecular formula is C14H20N2O2. The number of ether oxygens (including phenoxy) is 1. The average Bonchev–Trinajstić information content (AvgIpc) is 2.45. The van der Waals surface area contributed by atoms with Crippen molar-refractivity contribution in [2.75, 3.05) is 19.6 Å². The van der Waals surface area contributed by atoms with Crippen LogP contribution in [0, 0.1) is 0 Å². The molecule has 1 aliphatic heterocycles. The van der Waals surface area contributed by atoms with Gasteiger partial charge in [0.05, 0.1) is 6.54 Å². The van der Waals surface area contributed by atoms with E-state index in [1.54, 1.807) is 0 Å². The number of rotatable bonds is 5. The minimum atomic E-state index is -0.190. The summed E-state index contributed by atoms with van der Waals surface area (Å²) in [7, 11) is 0. The van der Waals surface area contributed by atoms with Gasteiger partial charge in [-0.2, -0.15) is 0 Å². The number of benzene rings is 1. The van der Waals surface area contributed by atoms with E-state index in [1.807, 2.05) is 30.3 Å². The van der Waals surface area contributed by atoms with Crippen LogP contribution >= 0.6 is 0 Å². The van der Waals surface area contributed by atoms with E-state index in [9.17, 15) is 4.79 Å². The van der Waals surface area contributed by atoms with Gasteiger partial charge in [0.2, 0.25) is 0 Å². The van der Waals surface area contributed by atoms with E-state index in [2.05, 4.69) is 10.6 Å². The van der Waals surface area contributed by atoms with Gasteiger partial charge in [-0.3, -0.25) is 4.79 Å². The second kappa shape index (κ2) is 7.13. The number of piperidine rings is 1. The maximum atomic E-state index is 11.6. The molecule has 1 fully saturated rings. The van der Waals surface area contributed by atoms with Crippen molar-refractivity contribution in [3.8, 4) is 0 Å². The Morgan fingerprint density at radius 2 is 2.22 bits per heavy atom. The molecule has 0 radical (unpaired) electrons. The summed E-state index contributed by atoms with van der Waals surface area (Å²) in [6.45, 7) is 2.66. The third-order valence-electron chi connectivity index (χ3n) is 3.07. The molecule has 0 bridgehead atoms. The molecule has 0 amide bonds. The van der Waals surface area contributed by atoms with Crippen molar-refractivity contribution in [2.45, 2.75) is 25.5 Å². The first-order chi connectivity index (χ1) is 8.84. The Balaban J connectivity index is 1.63. The number of nitrogens with one attached hydrogen (secondary N) is 2. The fraction of sp³-hybridized carbons (Fsp3) is 0.500. The van der Waals surface area contributed by atoms with E-state index < -0.39 is 0 Å². The van der Waals surface area contributed by atoms with Crippen LogP contribution in [0.3, 0.4) is 0 Å². The summed E-state index contributed by atoms with van der Waals surface area (Å²) in [4.78, 5) is 11.6. The average molecular weight is 248 g/mol. The standard InChI is InChI=1S/C14H20N2O2/c17-14(10-16-13-7-4-8-15-9-13)18-11-12-5-2-1-3-6-12/h1-3,5-6,13,15-16H,4,7-11H2. The Hall–Kier alpha value is -1.39. The van der Waals surface area contributed by atoms with Gasteiger partial charge in [-0.25, -0.2) is 0 Å². The van der Waals surface area contributed by atoms with Crippen LogP contribution in [-0.2, 0) is 16.1 Å². The van der Waals surface area contributed by atoms with E-state index in [4.69, 9.17) is 4.74 Å². The maximum Gasteiger partial charge on any atom is 0.320 e. The van der Waals surface area contributed by atoms with Crippen LogP contribution in [0.25, 0.3) is 0 Å².